The van der Waals surface area contributed by atoms with E-state index in [0.717, 1.165) is 0 Å². The summed E-state index contributed by atoms with van der Waals surface area (Å²) in [5.41, 5.74) is 0.196. The molecule has 0 aliphatic rings. The third-order valence-corrected chi connectivity index (χ3v) is 2.62. The molecule has 0 unspecified atom stereocenters. The molecule has 1 rings (SSSR count). The standard InChI is InChI=1S/C10H8BrClO3/c1-15-6-2-3-7(8(12)4-6)10(14)9(13)5-11/h2-4H,5H2,1H3. The summed E-state index contributed by atoms with van der Waals surface area (Å²) in [4.78, 5) is 22.6. The Morgan fingerprint density at radius 3 is 2.60 bits per heavy atom. The van der Waals surface area contributed by atoms with Gasteiger partial charge in [0.2, 0.25) is 11.6 Å². The van der Waals surface area contributed by atoms with Gasteiger partial charge < -0.3 is 4.74 Å². The summed E-state index contributed by atoms with van der Waals surface area (Å²) < 4.78 is 4.93. The summed E-state index contributed by atoms with van der Waals surface area (Å²) in [5, 5.41) is 0.211. The number of carbonyl (C=O) groups is 2. The summed E-state index contributed by atoms with van der Waals surface area (Å²) in [7, 11) is 1.50. The van der Waals surface area contributed by atoms with Crippen LogP contribution in [-0.4, -0.2) is 24.0 Å². The largest absolute Gasteiger partial charge is 0.497 e. The number of Topliss-reactive ketones (excluding diaryl/α,β-unsaturated/α-hetero) is 2. The van der Waals surface area contributed by atoms with Crippen molar-refractivity contribution in [2.24, 2.45) is 0 Å². The van der Waals surface area contributed by atoms with Crippen LogP contribution in [0.15, 0.2) is 18.2 Å². The fourth-order valence-electron chi connectivity index (χ4n) is 1.02. The first-order valence-corrected chi connectivity index (χ1v) is 5.57. The number of methoxy groups -OCH3 is 1. The van der Waals surface area contributed by atoms with Crippen LogP contribution in [0.25, 0.3) is 0 Å². The smallest absolute Gasteiger partial charge is 0.230 e. The first kappa shape index (κ1) is 12.2. The van der Waals surface area contributed by atoms with E-state index in [0.29, 0.717) is 5.75 Å². The quantitative estimate of drug-likeness (QED) is 0.486. The van der Waals surface area contributed by atoms with E-state index in [9.17, 15) is 9.59 Å². The molecule has 15 heavy (non-hydrogen) atoms. The third kappa shape index (κ3) is 2.79. The normalized spacial score (nSPS) is 9.80. The second-order valence-electron chi connectivity index (χ2n) is 2.73. The number of ether oxygens (including phenoxy) is 1. The maximum atomic E-state index is 11.5. The molecule has 3 nitrogen and oxygen atoms in total. The van der Waals surface area contributed by atoms with E-state index in [4.69, 9.17) is 16.3 Å². The van der Waals surface area contributed by atoms with E-state index in [2.05, 4.69) is 15.9 Å². The summed E-state index contributed by atoms with van der Waals surface area (Å²) in [5.74, 6) is -0.579. The maximum absolute atomic E-state index is 11.5. The van der Waals surface area contributed by atoms with Crippen molar-refractivity contribution in [3.8, 4) is 5.75 Å². The molecule has 0 radical (unpaired) electrons. The maximum Gasteiger partial charge on any atom is 0.230 e. The van der Waals surface area contributed by atoms with Crippen molar-refractivity contribution in [2.45, 2.75) is 0 Å². The van der Waals surface area contributed by atoms with E-state index in [1.807, 2.05) is 0 Å². The molecule has 0 saturated carbocycles. The number of carbonyl (C=O) groups excluding carboxylic acids is 2. The highest BCUT2D eigenvalue weighted by Crippen LogP contribution is 2.22. The molecule has 0 N–H and O–H groups in total. The lowest BCUT2D eigenvalue weighted by molar-refractivity contribution is -0.112. The van der Waals surface area contributed by atoms with Crippen LogP contribution in [0.3, 0.4) is 0 Å². The number of ketones is 2. The number of rotatable bonds is 4. The molecule has 0 aliphatic heterocycles. The van der Waals surface area contributed by atoms with Crippen molar-refractivity contribution in [3.05, 3.63) is 28.8 Å². The monoisotopic (exact) mass is 290 g/mol. The second kappa shape index (κ2) is 5.28. The second-order valence-corrected chi connectivity index (χ2v) is 3.70. The van der Waals surface area contributed by atoms with Crippen LogP contribution in [0.1, 0.15) is 10.4 Å². The Hall–Kier alpha value is -0.870. The van der Waals surface area contributed by atoms with Crippen molar-refractivity contribution in [1.29, 1.82) is 0 Å². The molecule has 0 atom stereocenters. The van der Waals surface area contributed by atoms with Gasteiger partial charge in [-0.15, -0.1) is 0 Å². The fourth-order valence-corrected chi connectivity index (χ4v) is 1.53. The Morgan fingerprint density at radius 1 is 1.47 bits per heavy atom. The van der Waals surface area contributed by atoms with E-state index < -0.39 is 11.6 Å². The number of hydrogen-bond acceptors (Lipinski definition) is 3. The highest BCUT2D eigenvalue weighted by atomic mass is 79.9. The van der Waals surface area contributed by atoms with E-state index in [-0.39, 0.29) is 15.9 Å². The minimum Gasteiger partial charge on any atom is -0.497 e. The van der Waals surface area contributed by atoms with Gasteiger partial charge in [0.1, 0.15) is 5.75 Å². The van der Waals surface area contributed by atoms with Crippen LogP contribution in [0, 0.1) is 0 Å². The predicted molar refractivity (Wildman–Crippen MR) is 61.1 cm³/mol. The molecule has 1 aromatic rings. The van der Waals surface area contributed by atoms with Gasteiger partial charge in [0, 0.05) is 5.56 Å². The van der Waals surface area contributed by atoms with Gasteiger partial charge in [0.15, 0.2) is 0 Å². The highest BCUT2D eigenvalue weighted by Gasteiger charge is 2.17. The molecular weight excluding hydrogens is 283 g/mol. The van der Waals surface area contributed by atoms with Gasteiger partial charge in [-0.3, -0.25) is 9.59 Å². The Labute approximate surface area is 100 Å². The topological polar surface area (TPSA) is 43.4 Å². The van der Waals surface area contributed by atoms with Gasteiger partial charge in [-0.1, -0.05) is 27.5 Å². The van der Waals surface area contributed by atoms with E-state index in [1.54, 1.807) is 6.07 Å². The van der Waals surface area contributed by atoms with Gasteiger partial charge in [-0.05, 0) is 18.2 Å². The Bertz CT molecular complexity index is 404. The molecular formula is C10H8BrClO3. The van der Waals surface area contributed by atoms with Crippen molar-refractivity contribution in [1.82, 2.24) is 0 Å². The van der Waals surface area contributed by atoms with Crippen LogP contribution in [-0.2, 0) is 4.79 Å². The lowest BCUT2D eigenvalue weighted by atomic mass is 10.1. The first-order valence-electron chi connectivity index (χ1n) is 4.07. The average Bonchev–Trinajstić information content (AvgIpc) is 2.26. The molecule has 0 bridgehead atoms. The molecule has 0 aliphatic carbocycles. The minimum absolute atomic E-state index is 0.00576. The molecule has 0 spiro atoms. The predicted octanol–water partition coefficient (Wildman–Crippen LogP) is 2.50. The van der Waals surface area contributed by atoms with E-state index in [1.165, 1.54) is 19.2 Å². The van der Waals surface area contributed by atoms with Crippen LogP contribution < -0.4 is 4.74 Å². The Balaban J connectivity index is 3.06. The Kier molecular flexibility index (Phi) is 4.29. The summed E-state index contributed by atoms with van der Waals surface area (Å²) >= 11 is 8.76. The molecule has 0 aromatic heterocycles. The Morgan fingerprint density at radius 2 is 2.13 bits per heavy atom. The zero-order chi connectivity index (χ0) is 11.4. The summed E-state index contributed by atoms with van der Waals surface area (Å²) in [6, 6.07) is 4.56. The number of hydrogen-bond donors (Lipinski definition) is 0. The molecule has 5 heteroatoms. The fraction of sp³-hybridized carbons (Fsp3) is 0.200. The number of halogens is 2. The third-order valence-electron chi connectivity index (χ3n) is 1.80. The van der Waals surface area contributed by atoms with Gasteiger partial charge in [-0.25, -0.2) is 0 Å². The molecule has 0 heterocycles. The lowest BCUT2D eigenvalue weighted by Crippen LogP contribution is -2.15. The number of benzene rings is 1. The molecule has 0 fully saturated rings. The molecule has 0 amide bonds. The van der Waals surface area contributed by atoms with Crippen molar-refractivity contribution in [2.75, 3.05) is 12.4 Å². The van der Waals surface area contributed by atoms with Gasteiger partial charge in [0.05, 0.1) is 17.5 Å². The van der Waals surface area contributed by atoms with E-state index >= 15 is 0 Å². The molecule has 0 saturated heterocycles. The molecule has 80 valence electrons. The molecule has 1 aromatic carbocycles. The zero-order valence-corrected chi connectivity index (χ0v) is 10.3. The zero-order valence-electron chi connectivity index (χ0n) is 7.92. The van der Waals surface area contributed by atoms with Crippen LogP contribution in [0.2, 0.25) is 5.02 Å². The van der Waals surface area contributed by atoms with Crippen molar-refractivity contribution in [3.63, 3.8) is 0 Å². The van der Waals surface area contributed by atoms with Gasteiger partial charge in [-0.2, -0.15) is 0 Å². The first-order chi connectivity index (χ1) is 7.10. The van der Waals surface area contributed by atoms with Crippen molar-refractivity contribution >= 4 is 39.1 Å². The van der Waals surface area contributed by atoms with Gasteiger partial charge >= 0.3 is 0 Å². The van der Waals surface area contributed by atoms with Crippen LogP contribution >= 0.6 is 27.5 Å². The summed E-state index contributed by atoms with van der Waals surface area (Å²) in [6.07, 6.45) is 0. The SMILES string of the molecule is COc1ccc(C(=O)C(=O)CBr)c(Cl)c1. The minimum atomic E-state index is -0.598. The highest BCUT2D eigenvalue weighted by molar-refractivity contribution is 9.09. The van der Waals surface area contributed by atoms with Gasteiger partial charge in [0.25, 0.3) is 0 Å². The lowest BCUT2D eigenvalue weighted by Gasteiger charge is -2.04. The van der Waals surface area contributed by atoms with Crippen LogP contribution in [0.4, 0.5) is 0 Å². The summed E-state index contributed by atoms with van der Waals surface area (Å²) in [6.45, 7) is 0. The van der Waals surface area contributed by atoms with Crippen molar-refractivity contribution < 1.29 is 14.3 Å². The average molecular weight is 292 g/mol. The number of alkyl halides is 1. The van der Waals surface area contributed by atoms with Crippen LogP contribution in [0.5, 0.6) is 5.75 Å².